The molecule has 1 aliphatic heterocycles. The highest BCUT2D eigenvalue weighted by Gasteiger charge is 2.29. The van der Waals surface area contributed by atoms with Crippen LogP contribution in [0.3, 0.4) is 0 Å². The van der Waals surface area contributed by atoms with Crippen molar-refractivity contribution < 1.29 is 18.3 Å². The topological polar surface area (TPSA) is 90.8 Å². The van der Waals surface area contributed by atoms with E-state index in [0.717, 1.165) is 4.31 Å². The molecular formula is C12H17N3O4S. The number of sulfonamides is 1. The summed E-state index contributed by atoms with van der Waals surface area (Å²) in [5, 5.41) is 8.68. The van der Waals surface area contributed by atoms with Gasteiger partial charge in [0.2, 0.25) is 10.0 Å². The van der Waals surface area contributed by atoms with Crippen LogP contribution in [0.4, 0.5) is 5.82 Å². The first kappa shape index (κ1) is 14.7. The fourth-order valence-corrected chi connectivity index (χ4v) is 2.90. The summed E-state index contributed by atoms with van der Waals surface area (Å²) in [4.78, 5) is 16.8. The minimum absolute atomic E-state index is 0.138. The Morgan fingerprint density at radius 1 is 1.45 bits per heavy atom. The molecule has 1 aromatic rings. The summed E-state index contributed by atoms with van der Waals surface area (Å²) >= 11 is 0. The van der Waals surface area contributed by atoms with E-state index < -0.39 is 16.0 Å². The monoisotopic (exact) mass is 299 g/mol. The first-order valence-corrected chi connectivity index (χ1v) is 7.60. The van der Waals surface area contributed by atoms with Crippen molar-refractivity contribution in [3.8, 4) is 0 Å². The number of pyridine rings is 1. The molecule has 0 spiro atoms. The van der Waals surface area contributed by atoms with Gasteiger partial charge in [-0.15, -0.1) is 0 Å². The maximum atomic E-state index is 11.9. The van der Waals surface area contributed by atoms with Crippen molar-refractivity contribution in [2.45, 2.75) is 11.3 Å². The predicted molar refractivity (Wildman–Crippen MR) is 73.1 cm³/mol. The van der Waals surface area contributed by atoms with E-state index in [1.54, 1.807) is 6.07 Å². The van der Waals surface area contributed by atoms with Gasteiger partial charge in [-0.05, 0) is 12.1 Å². The quantitative estimate of drug-likeness (QED) is 0.837. The molecule has 1 aliphatic rings. The van der Waals surface area contributed by atoms with Crippen LogP contribution in [0, 0.1) is 5.92 Å². The lowest BCUT2D eigenvalue weighted by Gasteiger charge is -2.39. The van der Waals surface area contributed by atoms with Crippen molar-refractivity contribution in [1.82, 2.24) is 9.29 Å². The van der Waals surface area contributed by atoms with Gasteiger partial charge in [0.15, 0.2) is 0 Å². The summed E-state index contributed by atoms with van der Waals surface area (Å²) in [5.41, 5.74) is 0. The Labute approximate surface area is 117 Å². The molecule has 0 atom stereocenters. The van der Waals surface area contributed by atoms with Gasteiger partial charge in [0.1, 0.15) is 10.7 Å². The van der Waals surface area contributed by atoms with Gasteiger partial charge in [-0.25, -0.2) is 17.7 Å². The summed E-state index contributed by atoms with van der Waals surface area (Å²) in [5.74, 6) is 0.0128. The van der Waals surface area contributed by atoms with E-state index in [1.165, 1.54) is 26.4 Å². The van der Waals surface area contributed by atoms with Crippen molar-refractivity contribution >= 4 is 21.8 Å². The number of hydrogen-bond donors (Lipinski definition) is 1. The molecule has 1 fully saturated rings. The Balaban J connectivity index is 2.02. The van der Waals surface area contributed by atoms with Gasteiger partial charge in [0, 0.05) is 39.3 Å². The number of hydrogen-bond acceptors (Lipinski definition) is 5. The summed E-state index contributed by atoms with van der Waals surface area (Å²) < 4.78 is 24.9. The van der Waals surface area contributed by atoms with Crippen molar-refractivity contribution in [2.24, 2.45) is 5.92 Å². The molecule has 20 heavy (non-hydrogen) atoms. The highest BCUT2D eigenvalue weighted by Crippen LogP contribution is 2.25. The molecule has 0 unspecified atom stereocenters. The number of aliphatic carboxylic acids is 1. The van der Waals surface area contributed by atoms with Crippen LogP contribution in [0.1, 0.15) is 6.42 Å². The summed E-state index contributed by atoms with van der Waals surface area (Å²) in [7, 11) is -0.525. The van der Waals surface area contributed by atoms with E-state index in [-0.39, 0.29) is 17.2 Å². The van der Waals surface area contributed by atoms with E-state index in [9.17, 15) is 13.2 Å². The second-order valence-corrected chi connectivity index (χ2v) is 7.16. The summed E-state index contributed by atoms with van der Waals surface area (Å²) in [6, 6.07) is 3.16. The largest absolute Gasteiger partial charge is 0.481 e. The summed E-state index contributed by atoms with van der Waals surface area (Å²) in [6.45, 7) is 1.28. The number of carboxylic acid groups (broad SMARTS) is 1. The third-order valence-electron chi connectivity index (χ3n) is 3.24. The van der Waals surface area contributed by atoms with E-state index in [4.69, 9.17) is 5.11 Å². The molecule has 2 rings (SSSR count). The zero-order chi connectivity index (χ0) is 14.9. The molecule has 0 aromatic carbocycles. The molecule has 0 radical (unpaired) electrons. The van der Waals surface area contributed by atoms with Crippen LogP contribution in [-0.2, 0) is 14.8 Å². The fourth-order valence-electron chi connectivity index (χ4n) is 2.06. The maximum Gasteiger partial charge on any atom is 0.303 e. The van der Waals surface area contributed by atoms with Crippen LogP contribution in [0.25, 0.3) is 0 Å². The highest BCUT2D eigenvalue weighted by molar-refractivity contribution is 7.89. The first-order chi connectivity index (χ1) is 9.30. The average molecular weight is 299 g/mol. The van der Waals surface area contributed by atoms with Crippen molar-refractivity contribution in [1.29, 1.82) is 0 Å². The van der Waals surface area contributed by atoms with Crippen LogP contribution in [0.2, 0.25) is 0 Å². The molecule has 1 saturated heterocycles. The summed E-state index contributed by atoms with van der Waals surface area (Å²) in [6.07, 6.45) is 1.48. The number of aromatic nitrogens is 1. The molecule has 8 heteroatoms. The second kappa shape index (κ2) is 5.37. The molecular weight excluding hydrogens is 282 g/mol. The molecule has 0 amide bonds. The van der Waals surface area contributed by atoms with Crippen LogP contribution in [0.5, 0.6) is 0 Å². The lowest BCUT2D eigenvalue weighted by molar-refractivity contribution is -0.138. The SMILES string of the molecule is CN(C)S(=O)(=O)c1ccc(N2CC(CC(=O)O)C2)nc1. The average Bonchev–Trinajstić information content (AvgIpc) is 2.33. The fraction of sp³-hybridized carbons (Fsp3) is 0.500. The first-order valence-electron chi connectivity index (χ1n) is 6.16. The Kier molecular flexibility index (Phi) is 3.96. The Morgan fingerprint density at radius 3 is 2.55 bits per heavy atom. The Bertz CT molecular complexity index is 592. The van der Waals surface area contributed by atoms with Crippen LogP contribution >= 0.6 is 0 Å². The molecule has 0 saturated carbocycles. The van der Waals surface area contributed by atoms with E-state index >= 15 is 0 Å². The Hall–Kier alpha value is -1.67. The number of rotatable bonds is 5. The van der Waals surface area contributed by atoms with Crippen molar-refractivity contribution in [3.63, 3.8) is 0 Å². The normalized spacial score (nSPS) is 16.2. The molecule has 2 heterocycles. The molecule has 0 bridgehead atoms. The van der Waals surface area contributed by atoms with Gasteiger partial charge < -0.3 is 10.0 Å². The zero-order valence-corrected chi connectivity index (χ0v) is 12.2. The number of carboxylic acids is 1. The molecule has 110 valence electrons. The maximum absolute atomic E-state index is 11.9. The predicted octanol–water partition coefficient (Wildman–Crippen LogP) is 0.243. The van der Waals surface area contributed by atoms with Crippen molar-refractivity contribution in [3.05, 3.63) is 18.3 Å². The smallest absolute Gasteiger partial charge is 0.303 e. The number of carbonyl (C=O) groups is 1. The van der Waals surface area contributed by atoms with E-state index in [2.05, 4.69) is 4.98 Å². The molecule has 1 aromatic heterocycles. The number of anilines is 1. The lowest BCUT2D eigenvalue weighted by atomic mass is 9.96. The van der Waals surface area contributed by atoms with E-state index in [1.807, 2.05) is 4.90 Å². The van der Waals surface area contributed by atoms with Crippen molar-refractivity contribution in [2.75, 3.05) is 32.1 Å². The zero-order valence-electron chi connectivity index (χ0n) is 11.4. The van der Waals surface area contributed by atoms with Gasteiger partial charge in [0.25, 0.3) is 0 Å². The third-order valence-corrected chi connectivity index (χ3v) is 5.04. The highest BCUT2D eigenvalue weighted by atomic mass is 32.2. The third kappa shape index (κ3) is 2.91. The minimum Gasteiger partial charge on any atom is -0.481 e. The van der Waals surface area contributed by atoms with Gasteiger partial charge in [-0.2, -0.15) is 0 Å². The van der Waals surface area contributed by atoms with Gasteiger partial charge >= 0.3 is 5.97 Å². The molecule has 1 N–H and O–H groups in total. The van der Waals surface area contributed by atoms with Gasteiger partial charge in [-0.1, -0.05) is 0 Å². The van der Waals surface area contributed by atoms with E-state index in [0.29, 0.717) is 18.9 Å². The second-order valence-electron chi connectivity index (χ2n) is 5.01. The number of nitrogens with zero attached hydrogens (tertiary/aromatic N) is 3. The van der Waals surface area contributed by atoms with Gasteiger partial charge in [0.05, 0.1) is 6.42 Å². The van der Waals surface area contributed by atoms with Crippen LogP contribution in [-0.4, -0.2) is 56.0 Å². The standard InChI is InChI=1S/C12H17N3O4S/c1-14(2)20(18,19)10-3-4-11(13-6-10)15-7-9(8-15)5-12(16)17/h3-4,6,9H,5,7-8H2,1-2H3,(H,16,17). The Morgan fingerprint density at radius 2 is 2.10 bits per heavy atom. The lowest BCUT2D eigenvalue weighted by Crippen LogP contribution is -2.48. The minimum atomic E-state index is -3.46. The molecule has 7 nitrogen and oxygen atoms in total. The van der Waals surface area contributed by atoms with Gasteiger partial charge in [-0.3, -0.25) is 4.79 Å². The van der Waals surface area contributed by atoms with Crippen LogP contribution < -0.4 is 4.90 Å². The van der Waals surface area contributed by atoms with Crippen LogP contribution in [0.15, 0.2) is 23.2 Å². The molecule has 0 aliphatic carbocycles.